The van der Waals surface area contributed by atoms with Gasteiger partial charge in [-0.05, 0) is 37.5 Å². The Morgan fingerprint density at radius 2 is 2.06 bits per heavy atom. The molecule has 16 heavy (non-hydrogen) atoms. The van der Waals surface area contributed by atoms with Crippen molar-refractivity contribution in [3.8, 4) is 0 Å². The first-order valence-electron chi connectivity index (χ1n) is 5.56. The van der Waals surface area contributed by atoms with E-state index in [0.29, 0.717) is 11.8 Å². The molecule has 88 valence electrons. The molecule has 0 aliphatic heterocycles. The van der Waals surface area contributed by atoms with E-state index in [1.807, 2.05) is 0 Å². The smallest absolute Gasteiger partial charge is 0.361 e. The van der Waals surface area contributed by atoms with Crippen LogP contribution in [0.1, 0.15) is 32.6 Å². The molecule has 2 aliphatic rings. The van der Waals surface area contributed by atoms with Crippen molar-refractivity contribution in [1.82, 2.24) is 0 Å². The van der Waals surface area contributed by atoms with Crippen LogP contribution in [0, 0.1) is 11.8 Å². The summed E-state index contributed by atoms with van der Waals surface area (Å²) < 4.78 is 0. The Bertz CT molecular complexity index is 334. The van der Waals surface area contributed by atoms with E-state index in [1.54, 1.807) is 0 Å². The monoisotopic (exact) mass is 225 g/mol. The van der Waals surface area contributed by atoms with Crippen LogP contribution >= 0.6 is 0 Å². The van der Waals surface area contributed by atoms with Gasteiger partial charge in [0.05, 0.1) is 0 Å². The Morgan fingerprint density at radius 3 is 2.50 bits per heavy atom. The number of carboxylic acid groups (broad SMARTS) is 1. The average Bonchev–Trinajstić information content (AvgIpc) is 2.77. The summed E-state index contributed by atoms with van der Waals surface area (Å²) in [5, 5.41) is 12.2. The fraction of sp³-hybridized carbons (Fsp3) is 0.727. The lowest BCUT2D eigenvalue weighted by Gasteiger charge is -2.19. The molecule has 2 saturated carbocycles. The zero-order valence-electron chi connectivity index (χ0n) is 9.18. The van der Waals surface area contributed by atoms with Crippen molar-refractivity contribution in [2.45, 2.75) is 38.7 Å². The van der Waals surface area contributed by atoms with Crippen LogP contribution < -0.4 is 0 Å². The van der Waals surface area contributed by atoms with Crippen molar-refractivity contribution >= 4 is 17.5 Å². The number of fused-ring (bicyclic) bond motifs is 2. The van der Waals surface area contributed by atoms with Crippen molar-refractivity contribution in [3.63, 3.8) is 0 Å². The summed E-state index contributed by atoms with van der Waals surface area (Å²) in [5.41, 5.74) is -0.511. The van der Waals surface area contributed by atoms with Crippen LogP contribution in [0.5, 0.6) is 0 Å². The molecule has 0 radical (unpaired) electrons. The number of aliphatic carboxylic acids is 1. The van der Waals surface area contributed by atoms with Gasteiger partial charge < -0.3 is 9.94 Å². The van der Waals surface area contributed by atoms with Gasteiger partial charge in [0.1, 0.15) is 6.10 Å². The minimum Gasteiger partial charge on any atom is -0.476 e. The van der Waals surface area contributed by atoms with Crippen LogP contribution in [0.15, 0.2) is 5.16 Å². The SMILES string of the molecule is CC(=O)/C(=N/OC1CC2CCC1C2)C(=O)O. The molecule has 0 spiro atoms. The molecule has 0 amide bonds. The van der Waals surface area contributed by atoms with Gasteiger partial charge in [0.15, 0.2) is 5.78 Å². The molecule has 0 aromatic carbocycles. The molecule has 0 aromatic heterocycles. The molecule has 2 bridgehead atoms. The number of hydrogen-bond acceptors (Lipinski definition) is 4. The van der Waals surface area contributed by atoms with E-state index in [0.717, 1.165) is 19.3 Å². The van der Waals surface area contributed by atoms with E-state index in [-0.39, 0.29) is 6.10 Å². The first-order chi connectivity index (χ1) is 7.58. The maximum Gasteiger partial charge on any atom is 0.361 e. The van der Waals surface area contributed by atoms with Crippen LogP contribution in [0.2, 0.25) is 0 Å². The number of ketones is 1. The molecule has 3 unspecified atom stereocenters. The number of rotatable bonds is 4. The Morgan fingerprint density at radius 1 is 1.31 bits per heavy atom. The van der Waals surface area contributed by atoms with Crippen LogP contribution in [-0.4, -0.2) is 28.7 Å². The van der Waals surface area contributed by atoms with Crippen LogP contribution in [0.3, 0.4) is 0 Å². The van der Waals surface area contributed by atoms with Gasteiger partial charge >= 0.3 is 5.97 Å². The highest BCUT2D eigenvalue weighted by Crippen LogP contribution is 2.45. The van der Waals surface area contributed by atoms with Crippen molar-refractivity contribution < 1.29 is 19.5 Å². The van der Waals surface area contributed by atoms with Crippen LogP contribution in [0.4, 0.5) is 0 Å². The Labute approximate surface area is 93.5 Å². The van der Waals surface area contributed by atoms with Crippen LogP contribution in [0.25, 0.3) is 0 Å². The predicted molar refractivity (Wildman–Crippen MR) is 56.1 cm³/mol. The van der Waals surface area contributed by atoms with Gasteiger partial charge in [0.25, 0.3) is 0 Å². The summed E-state index contributed by atoms with van der Waals surface area (Å²) in [6.07, 6.45) is 4.48. The minimum absolute atomic E-state index is 0.00690. The molecule has 5 nitrogen and oxygen atoms in total. The van der Waals surface area contributed by atoms with Crippen molar-refractivity contribution in [3.05, 3.63) is 0 Å². The number of nitrogens with zero attached hydrogens (tertiary/aromatic N) is 1. The maximum atomic E-state index is 11.0. The van der Waals surface area contributed by atoms with Crippen molar-refractivity contribution in [2.75, 3.05) is 0 Å². The lowest BCUT2D eigenvalue weighted by molar-refractivity contribution is -0.130. The third kappa shape index (κ3) is 2.08. The number of carbonyl (C=O) groups is 2. The molecule has 2 aliphatic carbocycles. The van der Waals surface area contributed by atoms with E-state index in [1.165, 1.54) is 13.3 Å². The van der Waals surface area contributed by atoms with Gasteiger partial charge in [-0.3, -0.25) is 4.79 Å². The average molecular weight is 225 g/mol. The first kappa shape index (κ1) is 11.1. The Balaban J connectivity index is 1.97. The van der Waals surface area contributed by atoms with Gasteiger partial charge in [0.2, 0.25) is 5.71 Å². The van der Waals surface area contributed by atoms with E-state index in [9.17, 15) is 9.59 Å². The standard InChI is InChI=1S/C11H15NO4/c1-6(13)10(11(14)15)12-16-9-5-7-2-3-8(9)4-7/h7-9H,2-5H2,1H3,(H,14,15)/b12-10-. The summed E-state index contributed by atoms with van der Waals surface area (Å²) in [4.78, 5) is 26.8. The van der Waals surface area contributed by atoms with Gasteiger partial charge in [-0.25, -0.2) is 4.79 Å². The highest BCUT2D eigenvalue weighted by molar-refractivity contribution is 6.63. The molecule has 1 N–H and O–H groups in total. The second-order valence-corrected chi connectivity index (χ2v) is 4.62. The van der Waals surface area contributed by atoms with Gasteiger partial charge in [-0.15, -0.1) is 0 Å². The molecule has 0 aromatic rings. The lowest BCUT2D eigenvalue weighted by atomic mass is 9.98. The normalized spacial score (nSPS) is 32.8. The van der Waals surface area contributed by atoms with Gasteiger partial charge in [-0.2, -0.15) is 0 Å². The fourth-order valence-electron chi connectivity index (χ4n) is 2.69. The highest BCUT2D eigenvalue weighted by Gasteiger charge is 2.41. The van der Waals surface area contributed by atoms with E-state index < -0.39 is 17.5 Å². The summed E-state index contributed by atoms with van der Waals surface area (Å²) in [7, 11) is 0. The molecular weight excluding hydrogens is 210 g/mol. The first-order valence-corrected chi connectivity index (χ1v) is 5.56. The molecule has 5 heteroatoms. The second kappa shape index (κ2) is 4.23. The number of Topliss-reactive ketones (excluding diaryl/α,β-unsaturated/α-hetero) is 1. The number of carbonyl (C=O) groups excluding carboxylic acids is 1. The quantitative estimate of drug-likeness (QED) is 0.443. The second-order valence-electron chi connectivity index (χ2n) is 4.62. The summed E-state index contributed by atoms with van der Waals surface area (Å²) in [5.74, 6) is -0.696. The summed E-state index contributed by atoms with van der Waals surface area (Å²) in [6.45, 7) is 1.18. The van der Waals surface area contributed by atoms with Gasteiger partial charge in [0, 0.05) is 6.92 Å². The summed E-state index contributed by atoms with van der Waals surface area (Å²) in [6, 6.07) is 0. The molecule has 2 rings (SSSR count). The van der Waals surface area contributed by atoms with Crippen molar-refractivity contribution in [2.24, 2.45) is 17.0 Å². The maximum absolute atomic E-state index is 11.0. The lowest BCUT2D eigenvalue weighted by Crippen LogP contribution is -2.24. The Hall–Kier alpha value is -1.39. The molecule has 0 heterocycles. The minimum atomic E-state index is -1.32. The number of carboxylic acids is 1. The number of hydrogen-bond donors (Lipinski definition) is 1. The van der Waals surface area contributed by atoms with Crippen molar-refractivity contribution in [1.29, 1.82) is 0 Å². The predicted octanol–water partition coefficient (Wildman–Crippen LogP) is 1.22. The molecule has 3 atom stereocenters. The molecule has 2 fully saturated rings. The zero-order chi connectivity index (χ0) is 11.7. The fourth-order valence-corrected chi connectivity index (χ4v) is 2.69. The topological polar surface area (TPSA) is 76.0 Å². The van der Waals surface area contributed by atoms with Crippen LogP contribution in [-0.2, 0) is 14.4 Å². The van der Waals surface area contributed by atoms with E-state index in [2.05, 4.69) is 5.16 Å². The third-order valence-corrected chi connectivity index (χ3v) is 3.49. The van der Waals surface area contributed by atoms with E-state index >= 15 is 0 Å². The van der Waals surface area contributed by atoms with Gasteiger partial charge in [-0.1, -0.05) is 5.16 Å². The zero-order valence-corrected chi connectivity index (χ0v) is 9.18. The van der Waals surface area contributed by atoms with E-state index in [4.69, 9.17) is 9.94 Å². The highest BCUT2D eigenvalue weighted by atomic mass is 16.6. The molecule has 0 saturated heterocycles. The third-order valence-electron chi connectivity index (χ3n) is 3.49. The molecular formula is C11H15NO4. The summed E-state index contributed by atoms with van der Waals surface area (Å²) >= 11 is 0. The number of oxime groups is 1. The Kier molecular flexibility index (Phi) is 2.94. The largest absolute Gasteiger partial charge is 0.476 e.